The van der Waals surface area contributed by atoms with Gasteiger partial charge in [-0.3, -0.25) is 0 Å². The predicted molar refractivity (Wildman–Crippen MR) is 79.0 cm³/mol. The minimum absolute atomic E-state index is 0.707. The van der Waals surface area contributed by atoms with Gasteiger partial charge in [0.05, 0.1) is 0 Å². The fourth-order valence-electron chi connectivity index (χ4n) is 1.88. The van der Waals surface area contributed by atoms with E-state index in [4.69, 9.17) is 0 Å². The van der Waals surface area contributed by atoms with Crippen LogP contribution in [0.3, 0.4) is 0 Å². The third kappa shape index (κ3) is 5.05. The van der Waals surface area contributed by atoms with Crippen LogP contribution in [-0.2, 0) is 6.54 Å². The number of pyridine rings is 1. The fraction of sp³-hybridized carbons (Fsp3) is 0.667. The highest BCUT2D eigenvalue weighted by Gasteiger charge is 2.07. The van der Waals surface area contributed by atoms with Crippen LogP contribution in [0, 0.1) is 5.92 Å². The normalized spacial score (nSPS) is 12.4. The van der Waals surface area contributed by atoms with Gasteiger partial charge in [-0.25, -0.2) is 4.98 Å². The maximum absolute atomic E-state index is 4.45. The van der Waals surface area contributed by atoms with Crippen molar-refractivity contribution in [3.63, 3.8) is 0 Å². The van der Waals surface area contributed by atoms with Crippen molar-refractivity contribution < 1.29 is 0 Å². The van der Waals surface area contributed by atoms with E-state index in [0.29, 0.717) is 5.92 Å². The summed E-state index contributed by atoms with van der Waals surface area (Å²) in [5.74, 6) is 1.78. The molecule has 0 fully saturated rings. The van der Waals surface area contributed by atoms with Gasteiger partial charge in [-0.05, 0) is 36.6 Å². The molecular formula is C15H27N3. The molecule has 0 radical (unpaired) electrons. The Hall–Kier alpha value is -1.09. The molecule has 1 rings (SSSR count). The molecular weight excluding hydrogens is 222 g/mol. The molecule has 0 saturated heterocycles. The number of nitrogens with one attached hydrogen (secondary N) is 1. The van der Waals surface area contributed by atoms with E-state index in [1.165, 1.54) is 18.4 Å². The van der Waals surface area contributed by atoms with Gasteiger partial charge < -0.3 is 10.2 Å². The summed E-state index contributed by atoms with van der Waals surface area (Å²) in [4.78, 5) is 6.70. The first-order valence-electron chi connectivity index (χ1n) is 7.04. The Morgan fingerprint density at radius 1 is 1.39 bits per heavy atom. The van der Waals surface area contributed by atoms with Gasteiger partial charge in [-0.1, -0.05) is 27.2 Å². The average molecular weight is 249 g/mol. The molecule has 0 aliphatic heterocycles. The topological polar surface area (TPSA) is 28.2 Å². The molecule has 102 valence electrons. The maximum Gasteiger partial charge on any atom is 0.128 e. The van der Waals surface area contributed by atoms with Gasteiger partial charge in [0.25, 0.3) is 0 Å². The van der Waals surface area contributed by atoms with Crippen LogP contribution in [-0.4, -0.2) is 25.1 Å². The summed E-state index contributed by atoms with van der Waals surface area (Å²) in [6.07, 6.45) is 4.29. The van der Waals surface area contributed by atoms with Crippen molar-refractivity contribution >= 4 is 5.82 Å². The second-order valence-corrected chi connectivity index (χ2v) is 5.09. The van der Waals surface area contributed by atoms with Crippen molar-refractivity contribution in [2.24, 2.45) is 5.92 Å². The van der Waals surface area contributed by atoms with Crippen LogP contribution >= 0.6 is 0 Å². The minimum Gasteiger partial charge on any atom is -0.359 e. The SMILES string of the molecule is CCCNCc1ccnc(N(C)CC(C)CC)c1. The fourth-order valence-corrected chi connectivity index (χ4v) is 1.88. The Bertz CT molecular complexity index is 338. The van der Waals surface area contributed by atoms with E-state index in [1.807, 2.05) is 6.20 Å². The number of aromatic nitrogens is 1. The lowest BCUT2D eigenvalue weighted by atomic mass is 10.1. The molecule has 0 amide bonds. The lowest BCUT2D eigenvalue weighted by molar-refractivity contribution is 0.557. The van der Waals surface area contributed by atoms with E-state index in [1.54, 1.807) is 0 Å². The third-order valence-electron chi connectivity index (χ3n) is 3.24. The van der Waals surface area contributed by atoms with Crippen LogP contribution in [0.25, 0.3) is 0 Å². The molecule has 0 aromatic carbocycles. The molecule has 0 aliphatic carbocycles. The van der Waals surface area contributed by atoms with E-state index in [2.05, 4.69) is 55.2 Å². The standard InChI is InChI=1S/C15H27N3/c1-5-8-16-11-14-7-9-17-15(10-14)18(4)12-13(3)6-2/h7,9-10,13,16H,5-6,8,11-12H2,1-4H3. The van der Waals surface area contributed by atoms with Crippen LogP contribution < -0.4 is 10.2 Å². The molecule has 18 heavy (non-hydrogen) atoms. The highest BCUT2D eigenvalue weighted by Crippen LogP contribution is 2.13. The van der Waals surface area contributed by atoms with Crippen LogP contribution in [0.2, 0.25) is 0 Å². The number of nitrogens with zero attached hydrogens (tertiary/aromatic N) is 2. The third-order valence-corrected chi connectivity index (χ3v) is 3.24. The van der Waals surface area contributed by atoms with Gasteiger partial charge in [0.2, 0.25) is 0 Å². The zero-order valence-corrected chi connectivity index (χ0v) is 12.2. The summed E-state index contributed by atoms with van der Waals surface area (Å²) < 4.78 is 0. The van der Waals surface area contributed by atoms with E-state index in [0.717, 1.165) is 25.5 Å². The molecule has 1 heterocycles. The summed E-state index contributed by atoms with van der Waals surface area (Å²) in [7, 11) is 2.12. The van der Waals surface area contributed by atoms with Crippen LogP contribution in [0.1, 0.15) is 39.2 Å². The first-order chi connectivity index (χ1) is 8.67. The molecule has 1 aromatic rings. The first-order valence-corrected chi connectivity index (χ1v) is 7.04. The summed E-state index contributed by atoms with van der Waals surface area (Å²) in [6, 6.07) is 4.27. The van der Waals surface area contributed by atoms with Crippen molar-refractivity contribution in [2.45, 2.75) is 40.2 Å². The Kier molecular flexibility index (Phi) is 6.73. The van der Waals surface area contributed by atoms with Crippen molar-refractivity contribution in [1.82, 2.24) is 10.3 Å². The summed E-state index contributed by atoms with van der Waals surface area (Å²) in [6.45, 7) is 9.77. The van der Waals surface area contributed by atoms with E-state index >= 15 is 0 Å². The molecule has 0 bridgehead atoms. The van der Waals surface area contributed by atoms with E-state index in [-0.39, 0.29) is 0 Å². The molecule has 0 saturated carbocycles. The molecule has 1 unspecified atom stereocenters. The largest absolute Gasteiger partial charge is 0.359 e. The van der Waals surface area contributed by atoms with Gasteiger partial charge >= 0.3 is 0 Å². The highest BCUT2D eigenvalue weighted by atomic mass is 15.2. The monoisotopic (exact) mass is 249 g/mol. The molecule has 1 N–H and O–H groups in total. The van der Waals surface area contributed by atoms with Gasteiger partial charge in [0.1, 0.15) is 5.82 Å². The summed E-state index contributed by atoms with van der Waals surface area (Å²) in [5.41, 5.74) is 1.31. The Labute approximate surface area is 112 Å². The predicted octanol–water partition coefficient (Wildman–Crippen LogP) is 3.06. The molecule has 0 spiro atoms. The Morgan fingerprint density at radius 3 is 2.83 bits per heavy atom. The van der Waals surface area contributed by atoms with Crippen LogP contribution in [0.15, 0.2) is 18.3 Å². The zero-order chi connectivity index (χ0) is 13.4. The van der Waals surface area contributed by atoms with Gasteiger partial charge in [-0.2, -0.15) is 0 Å². The van der Waals surface area contributed by atoms with E-state index in [9.17, 15) is 0 Å². The Balaban J connectivity index is 2.57. The maximum atomic E-state index is 4.45. The van der Waals surface area contributed by atoms with Crippen molar-refractivity contribution in [2.75, 3.05) is 25.0 Å². The lowest BCUT2D eigenvalue weighted by Crippen LogP contribution is -2.24. The smallest absolute Gasteiger partial charge is 0.128 e. The van der Waals surface area contributed by atoms with Gasteiger partial charge in [0, 0.05) is 26.3 Å². The average Bonchev–Trinajstić information content (AvgIpc) is 2.39. The molecule has 0 aliphatic rings. The lowest BCUT2D eigenvalue weighted by Gasteiger charge is -2.22. The van der Waals surface area contributed by atoms with Crippen molar-refractivity contribution in [3.8, 4) is 0 Å². The second kappa shape index (κ2) is 8.09. The molecule has 1 atom stereocenters. The molecule has 1 aromatic heterocycles. The zero-order valence-electron chi connectivity index (χ0n) is 12.2. The second-order valence-electron chi connectivity index (χ2n) is 5.09. The number of anilines is 1. The molecule has 3 heteroatoms. The quantitative estimate of drug-likeness (QED) is 0.718. The van der Waals surface area contributed by atoms with Crippen LogP contribution in [0.4, 0.5) is 5.82 Å². The first kappa shape index (κ1) is 15.0. The number of hydrogen-bond donors (Lipinski definition) is 1. The van der Waals surface area contributed by atoms with E-state index < -0.39 is 0 Å². The van der Waals surface area contributed by atoms with Crippen molar-refractivity contribution in [3.05, 3.63) is 23.9 Å². The van der Waals surface area contributed by atoms with Gasteiger partial charge in [-0.15, -0.1) is 0 Å². The highest BCUT2D eigenvalue weighted by molar-refractivity contribution is 5.40. The van der Waals surface area contributed by atoms with Gasteiger partial charge in [0.15, 0.2) is 0 Å². The molecule has 3 nitrogen and oxygen atoms in total. The van der Waals surface area contributed by atoms with Crippen molar-refractivity contribution in [1.29, 1.82) is 0 Å². The summed E-state index contributed by atoms with van der Waals surface area (Å²) in [5, 5.41) is 3.42. The van der Waals surface area contributed by atoms with Crippen LogP contribution in [0.5, 0.6) is 0 Å². The summed E-state index contributed by atoms with van der Waals surface area (Å²) >= 11 is 0. The Morgan fingerprint density at radius 2 is 2.17 bits per heavy atom. The number of hydrogen-bond acceptors (Lipinski definition) is 3. The minimum atomic E-state index is 0.707. The number of rotatable bonds is 8.